The summed E-state index contributed by atoms with van der Waals surface area (Å²) in [5.41, 5.74) is 1.64. The Morgan fingerprint density at radius 2 is 1.83 bits per heavy atom. The van der Waals surface area contributed by atoms with Gasteiger partial charge in [-0.3, -0.25) is 0 Å². The number of carbonyl (C=O) groups is 1. The molecule has 2 aromatic carbocycles. The summed E-state index contributed by atoms with van der Waals surface area (Å²) in [6.07, 6.45) is 2.72. The van der Waals surface area contributed by atoms with Gasteiger partial charge in [0.25, 0.3) is 0 Å². The van der Waals surface area contributed by atoms with E-state index >= 15 is 0 Å². The topological polar surface area (TPSA) is 109 Å². The van der Waals surface area contributed by atoms with Gasteiger partial charge in [-0.15, -0.1) is 0 Å². The largest absolute Gasteiger partial charge is 0.493 e. The molecule has 148 valence electrons. The van der Waals surface area contributed by atoms with E-state index in [0.29, 0.717) is 22.6 Å². The number of aromatic carboxylic acids is 1. The predicted octanol–water partition coefficient (Wildman–Crippen LogP) is 4.45. The van der Waals surface area contributed by atoms with Crippen molar-refractivity contribution in [2.24, 2.45) is 0 Å². The lowest BCUT2D eigenvalue weighted by Crippen LogP contribution is -2.01. The number of fused-ring (bicyclic) bond motifs is 1. The number of hydrogen-bond donors (Lipinski definition) is 2. The minimum Gasteiger partial charge on any atom is -0.493 e. The van der Waals surface area contributed by atoms with Gasteiger partial charge in [0, 0.05) is 11.9 Å². The van der Waals surface area contributed by atoms with E-state index < -0.39 is 5.97 Å². The number of ether oxygens (including phenoxy) is 2. The fraction of sp³-hybridized carbons (Fsp3) is 0.0455. The minimum absolute atomic E-state index is 0.0465. The Morgan fingerprint density at radius 3 is 2.47 bits per heavy atom. The van der Waals surface area contributed by atoms with Gasteiger partial charge in [-0.25, -0.2) is 9.31 Å². The molecule has 0 aliphatic rings. The molecule has 0 aliphatic carbocycles. The molecule has 0 fully saturated rings. The van der Waals surface area contributed by atoms with Crippen LogP contribution >= 0.6 is 0 Å². The van der Waals surface area contributed by atoms with Gasteiger partial charge in [0.2, 0.25) is 0 Å². The molecule has 0 amide bonds. The molecule has 0 spiro atoms. The molecule has 2 N–H and O–H groups in total. The zero-order valence-electron chi connectivity index (χ0n) is 15.9. The van der Waals surface area contributed by atoms with Crippen molar-refractivity contribution in [3.63, 3.8) is 0 Å². The maximum absolute atomic E-state index is 11.5. The third kappa shape index (κ3) is 3.47. The van der Waals surface area contributed by atoms with E-state index in [1.165, 1.54) is 24.0 Å². The van der Waals surface area contributed by atoms with E-state index in [-0.39, 0.29) is 16.9 Å². The predicted molar refractivity (Wildman–Crippen MR) is 110 cm³/mol. The molecule has 4 rings (SSSR count). The third-order valence-corrected chi connectivity index (χ3v) is 4.42. The van der Waals surface area contributed by atoms with Crippen LogP contribution in [0.4, 0.5) is 11.4 Å². The van der Waals surface area contributed by atoms with Crippen LogP contribution in [-0.4, -0.2) is 27.8 Å². The summed E-state index contributed by atoms with van der Waals surface area (Å²) in [4.78, 5) is 11.5. The summed E-state index contributed by atoms with van der Waals surface area (Å²) in [6, 6.07) is 18.7. The van der Waals surface area contributed by atoms with Crippen molar-refractivity contribution >= 4 is 22.9 Å². The second-order valence-corrected chi connectivity index (χ2v) is 6.28. The minimum atomic E-state index is -1.15. The third-order valence-electron chi connectivity index (χ3n) is 4.42. The fourth-order valence-corrected chi connectivity index (χ4v) is 3.05. The zero-order valence-corrected chi connectivity index (χ0v) is 15.9. The molecule has 8 heteroatoms. The first kappa shape index (κ1) is 18.8. The molecular weight excluding hydrogens is 384 g/mol. The summed E-state index contributed by atoms with van der Waals surface area (Å²) >= 11 is 0. The Labute approximate surface area is 171 Å². The van der Waals surface area contributed by atoms with Crippen molar-refractivity contribution in [1.29, 1.82) is 5.26 Å². The van der Waals surface area contributed by atoms with Crippen molar-refractivity contribution in [3.8, 4) is 23.3 Å². The van der Waals surface area contributed by atoms with Crippen LogP contribution in [0.1, 0.15) is 15.9 Å². The first-order valence-electron chi connectivity index (χ1n) is 8.92. The van der Waals surface area contributed by atoms with Gasteiger partial charge in [-0.1, -0.05) is 18.2 Å². The molecule has 4 aromatic rings. The number of rotatable bonds is 6. The molecule has 0 bridgehead atoms. The number of nitrogens with one attached hydrogen (secondary N) is 1. The maximum atomic E-state index is 11.5. The summed E-state index contributed by atoms with van der Waals surface area (Å²) in [5, 5.41) is 26.3. The van der Waals surface area contributed by atoms with Crippen LogP contribution in [-0.2, 0) is 0 Å². The lowest BCUT2D eigenvalue weighted by atomic mass is 10.2. The van der Waals surface area contributed by atoms with Crippen molar-refractivity contribution < 1.29 is 19.4 Å². The molecule has 0 unspecified atom stereocenters. The van der Waals surface area contributed by atoms with Crippen molar-refractivity contribution in [2.45, 2.75) is 0 Å². The molecule has 30 heavy (non-hydrogen) atoms. The Hall–Kier alpha value is -4.51. The standard InChI is InChI=1S/C22H16N4O4/c1-29-21-18(22(27)28)13-26-20(21)19(14(11-23)12-24-26)25-15-7-9-17(10-8-15)30-16-5-3-2-4-6-16/h2-10,12-13,25H,1H3,(H,27,28). The second-order valence-electron chi connectivity index (χ2n) is 6.28. The summed E-state index contributed by atoms with van der Waals surface area (Å²) < 4.78 is 12.5. The van der Waals surface area contributed by atoms with Crippen molar-refractivity contribution in [2.75, 3.05) is 12.4 Å². The van der Waals surface area contributed by atoms with E-state index in [4.69, 9.17) is 9.47 Å². The number of hydrogen-bond acceptors (Lipinski definition) is 6. The Bertz CT molecular complexity index is 1260. The Morgan fingerprint density at radius 1 is 1.13 bits per heavy atom. The van der Waals surface area contributed by atoms with Crippen LogP contribution in [0, 0.1) is 11.3 Å². The van der Waals surface area contributed by atoms with Crippen LogP contribution in [0.2, 0.25) is 0 Å². The van der Waals surface area contributed by atoms with Gasteiger partial charge in [0.1, 0.15) is 28.6 Å². The molecule has 0 saturated carbocycles. The smallest absolute Gasteiger partial charge is 0.341 e. The van der Waals surface area contributed by atoms with Gasteiger partial charge in [-0.05, 0) is 36.4 Å². The van der Waals surface area contributed by atoms with E-state index in [9.17, 15) is 15.2 Å². The highest BCUT2D eigenvalue weighted by Crippen LogP contribution is 2.36. The molecule has 8 nitrogen and oxygen atoms in total. The summed E-state index contributed by atoms with van der Waals surface area (Å²) in [7, 11) is 1.38. The van der Waals surface area contributed by atoms with Crippen molar-refractivity contribution in [1.82, 2.24) is 9.61 Å². The van der Waals surface area contributed by atoms with E-state index in [1.807, 2.05) is 30.3 Å². The molecule has 0 atom stereocenters. The Balaban J connectivity index is 1.71. The van der Waals surface area contributed by atoms with Crippen LogP contribution in [0.3, 0.4) is 0 Å². The van der Waals surface area contributed by atoms with Gasteiger partial charge in [0.15, 0.2) is 5.75 Å². The summed E-state index contributed by atoms with van der Waals surface area (Å²) in [6.45, 7) is 0. The number of methoxy groups -OCH3 is 1. The van der Waals surface area contributed by atoms with Crippen LogP contribution in [0.5, 0.6) is 17.2 Å². The first-order chi connectivity index (χ1) is 14.6. The second kappa shape index (κ2) is 7.85. The average molecular weight is 400 g/mol. The summed E-state index contributed by atoms with van der Waals surface area (Å²) in [5.74, 6) is 0.350. The van der Waals surface area contributed by atoms with E-state index in [1.54, 1.807) is 24.3 Å². The molecule has 2 aromatic heterocycles. The van der Waals surface area contributed by atoms with Crippen LogP contribution in [0.25, 0.3) is 5.52 Å². The highest BCUT2D eigenvalue weighted by Gasteiger charge is 2.22. The van der Waals surface area contributed by atoms with Gasteiger partial charge >= 0.3 is 5.97 Å². The molecular formula is C22H16N4O4. The molecule has 0 radical (unpaired) electrons. The van der Waals surface area contributed by atoms with Crippen LogP contribution < -0.4 is 14.8 Å². The number of nitriles is 1. The SMILES string of the molecule is COc1c(C(=O)O)cn2ncc(C#N)c(Nc3ccc(Oc4ccccc4)cc3)c12. The number of carboxylic acid groups (broad SMARTS) is 1. The van der Waals surface area contributed by atoms with E-state index in [0.717, 1.165) is 5.75 Å². The van der Waals surface area contributed by atoms with Gasteiger partial charge < -0.3 is 19.9 Å². The Kier molecular flexibility index (Phi) is 4.93. The number of aromatic nitrogens is 2. The van der Waals surface area contributed by atoms with Gasteiger partial charge in [-0.2, -0.15) is 10.4 Å². The number of benzene rings is 2. The van der Waals surface area contributed by atoms with Crippen molar-refractivity contribution in [3.05, 3.63) is 78.1 Å². The van der Waals surface area contributed by atoms with E-state index in [2.05, 4.69) is 16.5 Å². The lowest BCUT2D eigenvalue weighted by molar-refractivity contribution is 0.0693. The number of nitrogens with zero attached hydrogens (tertiary/aromatic N) is 3. The molecule has 0 saturated heterocycles. The molecule has 2 heterocycles. The highest BCUT2D eigenvalue weighted by atomic mass is 16.5. The lowest BCUT2D eigenvalue weighted by Gasteiger charge is -2.12. The monoisotopic (exact) mass is 400 g/mol. The normalized spacial score (nSPS) is 10.4. The molecule has 0 aliphatic heterocycles. The quantitative estimate of drug-likeness (QED) is 0.492. The average Bonchev–Trinajstić information content (AvgIpc) is 3.15. The van der Waals surface area contributed by atoms with Crippen LogP contribution in [0.15, 0.2) is 67.0 Å². The first-order valence-corrected chi connectivity index (χ1v) is 8.92. The maximum Gasteiger partial charge on any atom is 0.341 e. The number of para-hydroxylation sites is 1. The zero-order chi connectivity index (χ0) is 21.1. The number of anilines is 2. The highest BCUT2D eigenvalue weighted by molar-refractivity contribution is 5.98. The van der Waals surface area contributed by atoms with Gasteiger partial charge in [0.05, 0.1) is 24.6 Å². The number of carboxylic acids is 1. The fourth-order valence-electron chi connectivity index (χ4n) is 3.05.